The molecule has 2 rings (SSSR count). The summed E-state index contributed by atoms with van der Waals surface area (Å²) in [6.45, 7) is 6.89. The van der Waals surface area contributed by atoms with Gasteiger partial charge >= 0.3 is 6.09 Å². The Morgan fingerprint density at radius 1 is 1.25 bits per heavy atom. The Balaban J connectivity index is 2.17. The largest absolute Gasteiger partial charge is 0.508 e. The molecule has 0 radical (unpaired) electrons. The zero-order chi connectivity index (χ0) is 14.8. The van der Waals surface area contributed by atoms with Gasteiger partial charge in [-0.1, -0.05) is 6.07 Å². The Bertz CT molecular complexity index is 491. The number of benzene rings is 1. The van der Waals surface area contributed by atoms with Crippen molar-refractivity contribution in [3.05, 3.63) is 29.3 Å². The second kappa shape index (κ2) is 5.73. The van der Waals surface area contributed by atoms with Gasteiger partial charge in [0.25, 0.3) is 0 Å². The van der Waals surface area contributed by atoms with Crippen LogP contribution < -0.4 is 0 Å². The van der Waals surface area contributed by atoms with E-state index in [4.69, 9.17) is 4.74 Å². The minimum absolute atomic E-state index is 0.265. The van der Waals surface area contributed by atoms with Crippen LogP contribution >= 0.6 is 0 Å². The molecule has 1 aromatic carbocycles. The van der Waals surface area contributed by atoms with Crippen molar-refractivity contribution in [2.75, 3.05) is 6.54 Å². The summed E-state index contributed by atoms with van der Waals surface area (Å²) in [7, 11) is 0. The fourth-order valence-corrected chi connectivity index (χ4v) is 2.38. The predicted molar refractivity (Wildman–Crippen MR) is 77.7 cm³/mol. The minimum Gasteiger partial charge on any atom is -0.508 e. The molecule has 1 amide bonds. The van der Waals surface area contributed by atoms with Crippen LogP contribution in [0.2, 0.25) is 0 Å². The molecule has 0 saturated carbocycles. The Morgan fingerprint density at radius 2 is 2.00 bits per heavy atom. The van der Waals surface area contributed by atoms with Crippen molar-refractivity contribution in [2.24, 2.45) is 0 Å². The van der Waals surface area contributed by atoms with Crippen LogP contribution in [-0.2, 0) is 17.7 Å². The highest BCUT2D eigenvalue weighted by molar-refractivity contribution is 5.68. The number of carbonyl (C=O) groups excluding carboxylic acids is 1. The molecule has 0 aliphatic carbocycles. The van der Waals surface area contributed by atoms with Gasteiger partial charge in [-0.25, -0.2) is 4.79 Å². The van der Waals surface area contributed by atoms with E-state index in [1.165, 1.54) is 0 Å². The van der Waals surface area contributed by atoms with Gasteiger partial charge in [-0.2, -0.15) is 0 Å². The fraction of sp³-hybridized carbons (Fsp3) is 0.562. The molecule has 0 unspecified atom stereocenters. The van der Waals surface area contributed by atoms with E-state index in [2.05, 4.69) is 0 Å². The molecule has 4 nitrogen and oxygen atoms in total. The van der Waals surface area contributed by atoms with Crippen molar-refractivity contribution in [3.63, 3.8) is 0 Å². The van der Waals surface area contributed by atoms with Crippen LogP contribution in [0.4, 0.5) is 4.79 Å². The van der Waals surface area contributed by atoms with Gasteiger partial charge in [0.1, 0.15) is 11.4 Å². The number of hydrogen-bond donors (Lipinski definition) is 1. The van der Waals surface area contributed by atoms with Crippen molar-refractivity contribution in [3.8, 4) is 5.75 Å². The summed E-state index contributed by atoms with van der Waals surface area (Å²) in [5.74, 6) is 0.285. The van der Waals surface area contributed by atoms with E-state index in [-0.39, 0.29) is 11.8 Å². The van der Waals surface area contributed by atoms with Gasteiger partial charge in [0.05, 0.1) is 0 Å². The number of aryl methyl sites for hydroxylation is 1. The summed E-state index contributed by atoms with van der Waals surface area (Å²) in [6.07, 6.45) is 2.65. The lowest BCUT2D eigenvalue weighted by atomic mass is 9.99. The van der Waals surface area contributed by atoms with Crippen LogP contribution in [0.5, 0.6) is 5.75 Å². The number of amides is 1. The molecule has 110 valence electrons. The molecule has 1 heterocycles. The summed E-state index contributed by atoms with van der Waals surface area (Å²) in [5, 5.41) is 9.57. The maximum absolute atomic E-state index is 12.2. The van der Waals surface area contributed by atoms with Gasteiger partial charge < -0.3 is 14.7 Å². The number of aromatic hydroxyl groups is 1. The maximum atomic E-state index is 12.2. The number of carbonyl (C=O) groups is 1. The van der Waals surface area contributed by atoms with E-state index >= 15 is 0 Å². The van der Waals surface area contributed by atoms with Crippen LogP contribution in [0.3, 0.4) is 0 Å². The molecule has 1 aliphatic heterocycles. The molecule has 0 bridgehead atoms. The lowest BCUT2D eigenvalue weighted by Gasteiger charge is -2.29. The van der Waals surface area contributed by atoms with Crippen LogP contribution in [0.1, 0.15) is 44.7 Å². The third-order valence-corrected chi connectivity index (χ3v) is 3.33. The summed E-state index contributed by atoms with van der Waals surface area (Å²) in [6, 6.07) is 5.37. The van der Waals surface area contributed by atoms with E-state index in [9.17, 15) is 9.90 Å². The highest BCUT2D eigenvalue weighted by atomic mass is 16.6. The van der Waals surface area contributed by atoms with Gasteiger partial charge in [-0.3, -0.25) is 0 Å². The maximum Gasteiger partial charge on any atom is 0.410 e. The van der Waals surface area contributed by atoms with Crippen molar-refractivity contribution in [1.82, 2.24) is 4.90 Å². The average Bonchev–Trinajstić information content (AvgIpc) is 2.29. The normalized spacial score (nSPS) is 16.1. The summed E-state index contributed by atoms with van der Waals surface area (Å²) in [5.41, 5.74) is 1.74. The number of fused-ring (bicyclic) bond motifs is 1. The number of nitrogens with zero attached hydrogens (tertiary/aromatic N) is 1. The lowest BCUT2D eigenvalue weighted by Crippen LogP contribution is -2.37. The van der Waals surface area contributed by atoms with E-state index in [1.54, 1.807) is 17.0 Å². The van der Waals surface area contributed by atoms with E-state index < -0.39 is 5.60 Å². The first-order valence-corrected chi connectivity index (χ1v) is 7.14. The highest BCUT2D eigenvalue weighted by Crippen LogP contribution is 2.23. The third-order valence-electron chi connectivity index (χ3n) is 3.33. The number of phenols is 1. The summed E-state index contributed by atoms with van der Waals surface area (Å²) in [4.78, 5) is 14.0. The number of phenolic OH excluding ortho intramolecular Hbond substituents is 1. The topological polar surface area (TPSA) is 49.8 Å². The Labute approximate surface area is 120 Å². The molecular weight excluding hydrogens is 254 g/mol. The van der Waals surface area contributed by atoms with Gasteiger partial charge in [-0.15, -0.1) is 0 Å². The lowest BCUT2D eigenvalue weighted by molar-refractivity contribution is 0.0227. The molecule has 0 atom stereocenters. The fourth-order valence-electron chi connectivity index (χ4n) is 2.38. The summed E-state index contributed by atoms with van der Waals surface area (Å²) < 4.78 is 5.45. The molecule has 0 spiro atoms. The first-order valence-electron chi connectivity index (χ1n) is 7.14. The van der Waals surface area contributed by atoms with Crippen molar-refractivity contribution >= 4 is 6.09 Å². The van der Waals surface area contributed by atoms with Crippen molar-refractivity contribution in [2.45, 2.75) is 52.2 Å². The highest BCUT2D eigenvalue weighted by Gasteiger charge is 2.23. The molecule has 1 N–H and O–H groups in total. The Kier molecular flexibility index (Phi) is 4.21. The average molecular weight is 277 g/mol. The molecule has 1 aromatic rings. The predicted octanol–water partition coefficient (Wildman–Crippen LogP) is 3.47. The molecule has 4 heteroatoms. The number of hydrogen-bond acceptors (Lipinski definition) is 3. The first kappa shape index (κ1) is 14.7. The second-order valence-corrected chi connectivity index (χ2v) is 6.31. The van der Waals surface area contributed by atoms with Crippen LogP contribution in [0.15, 0.2) is 18.2 Å². The van der Waals surface area contributed by atoms with Crippen molar-refractivity contribution in [1.29, 1.82) is 0 Å². The molecule has 20 heavy (non-hydrogen) atoms. The van der Waals surface area contributed by atoms with Gasteiger partial charge in [0, 0.05) is 13.1 Å². The molecular formula is C16H23NO3. The number of rotatable bonds is 0. The van der Waals surface area contributed by atoms with Gasteiger partial charge in [0.15, 0.2) is 0 Å². The van der Waals surface area contributed by atoms with E-state index in [1.807, 2.05) is 26.8 Å². The quantitative estimate of drug-likeness (QED) is 0.790. The third kappa shape index (κ3) is 3.89. The van der Waals surface area contributed by atoms with Crippen molar-refractivity contribution < 1.29 is 14.6 Å². The van der Waals surface area contributed by atoms with Gasteiger partial charge in [-0.05, 0) is 63.3 Å². The number of ether oxygens (including phenoxy) is 1. The minimum atomic E-state index is -0.475. The second-order valence-electron chi connectivity index (χ2n) is 6.31. The monoisotopic (exact) mass is 277 g/mol. The molecule has 0 aromatic heterocycles. The zero-order valence-corrected chi connectivity index (χ0v) is 12.5. The van der Waals surface area contributed by atoms with E-state index in [0.717, 1.165) is 36.9 Å². The Hall–Kier alpha value is -1.71. The molecule has 0 fully saturated rings. The van der Waals surface area contributed by atoms with E-state index in [0.29, 0.717) is 6.54 Å². The SMILES string of the molecule is CC(C)(C)OC(=O)N1CCCCc2cc(O)ccc2C1. The van der Waals surface area contributed by atoms with Crippen LogP contribution in [-0.4, -0.2) is 28.2 Å². The molecule has 1 aliphatic rings. The smallest absolute Gasteiger partial charge is 0.410 e. The summed E-state index contributed by atoms with van der Waals surface area (Å²) >= 11 is 0. The van der Waals surface area contributed by atoms with Crippen LogP contribution in [0, 0.1) is 0 Å². The Morgan fingerprint density at radius 3 is 2.70 bits per heavy atom. The van der Waals surface area contributed by atoms with Gasteiger partial charge in [0.2, 0.25) is 0 Å². The van der Waals surface area contributed by atoms with Crippen LogP contribution in [0.25, 0.3) is 0 Å². The zero-order valence-electron chi connectivity index (χ0n) is 12.5. The standard InChI is InChI=1S/C16H23NO3/c1-16(2,3)20-15(19)17-9-5-4-6-12-10-14(18)8-7-13(12)11-17/h7-8,10,18H,4-6,9,11H2,1-3H3. The first-order chi connectivity index (χ1) is 9.35. The molecule has 0 saturated heterocycles.